The minimum absolute atomic E-state index is 0.0831. The number of carbonyl (C=O) groups excluding carboxylic acids is 4. The second-order valence-corrected chi connectivity index (χ2v) is 8.17. The molecule has 0 fully saturated rings. The smallest absolute Gasteiger partial charge is 0.338 e. The van der Waals surface area contributed by atoms with Crippen molar-refractivity contribution in [1.82, 2.24) is 4.90 Å². The van der Waals surface area contributed by atoms with Crippen LogP contribution < -0.4 is 9.64 Å². The predicted molar refractivity (Wildman–Crippen MR) is 129 cm³/mol. The van der Waals surface area contributed by atoms with Crippen LogP contribution in [0.15, 0.2) is 66.7 Å². The van der Waals surface area contributed by atoms with E-state index in [0.29, 0.717) is 18.0 Å². The number of benzene rings is 3. The maximum absolute atomic E-state index is 13.0. The number of methoxy groups -OCH3 is 1. The number of esters is 1. The van der Waals surface area contributed by atoms with Gasteiger partial charge in [0.25, 0.3) is 17.7 Å². The Morgan fingerprint density at radius 2 is 1.66 bits per heavy atom. The summed E-state index contributed by atoms with van der Waals surface area (Å²) < 4.78 is 10.4. The van der Waals surface area contributed by atoms with Gasteiger partial charge in [-0.2, -0.15) is 0 Å². The van der Waals surface area contributed by atoms with Crippen LogP contribution in [0, 0.1) is 6.92 Å². The van der Waals surface area contributed by atoms with E-state index in [2.05, 4.69) is 0 Å². The van der Waals surface area contributed by atoms with E-state index in [9.17, 15) is 19.2 Å². The van der Waals surface area contributed by atoms with E-state index in [1.807, 2.05) is 43.3 Å². The first-order valence-electron chi connectivity index (χ1n) is 10.9. The fourth-order valence-corrected chi connectivity index (χ4v) is 3.85. The molecule has 3 amide bonds. The molecule has 1 aliphatic rings. The first-order valence-corrected chi connectivity index (χ1v) is 10.9. The van der Waals surface area contributed by atoms with E-state index in [1.165, 1.54) is 23.1 Å². The number of rotatable bonds is 7. The van der Waals surface area contributed by atoms with Gasteiger partial charge in [-0.05, 0) is 54.4 Å². The molecule has 178 valence electrons. The lowest BCUT2D eigenvalue weighted by Gasteiger charge is -2.17. The van der Waals surface area contributed by atoms with E-state index in [-0.39, 0.29) is 22.6 Å². The molecule has 1 aliphatic heterocycles. The zero-order valence-electron chi connectivity index (χ0n) is 19.6. The molecule has 35 heavy (non-hydrogen) atoms. The summed E-state index contributed by atoms with van der Waals surface area (Å²) in [4.78, 5) is 53.4. The Hall–Kier alpha value is -4.46. The minimum Gasteiger partial charge on any atom is -0.497 e. The summed E-state index contributed by atoms with van der Waals surface area (Å²) in [5.41, 5.74) is 2.55. The van der Waals surface area contributed by atoms with Gasteiger partial charge in [0.05, 0.1) is 29.5 Å². The third kappa shape index (κ3) is 4.77. The van der Waals surface area contributed by atoms with Crippen LogP contribution in [0.25, 0.3) is 0 Å². The molecule has 4 rings (SSSR count). The topological polar surface area (TPSA) is 93.2 Å². The van der Waals surface area contributed by atoms with E-state index < -0.39 is 24.4 Å². The summed E-state index contributed by atoms with van der Waals surface area (Å²) in [5.74, 6) is -1.43. The van der Waals surface area contributed by atoms with Crippen LogP contribution >= 0.6 is 0 Å². The number of fused-ring (bicyclic) bond motifs is 1. The standard InChI is InChI=1S/C27H24N2O6/c1-17-7-4-5-10-23(17)29-25(31)21-12-11-19(14-22(21)26(29)32)27(33)35-16-24(30)28(2)15-18-8-6-9-20(13-18)34-3/h4-14H,15-16H2,1-3H3. The summed E-state index contributed by atoms with van der Waals surface area (Å²) >= 11 is 0. The molecule has 0 atom stereocenters. The average molecular weight is 472 g/mol. The second-order valence-electron chi connectivity index (χ2n) is 8.17. The van der Waals surface area contributed by atoms with E-state index in [0.717, 1.165) is 16.0 Å². The van der Waals surface area contributed by atoms with Crippen molar-refractivity contribution in [2.45, 2.75) is 13.5 Å². The van der Waals surface area contributed by atoms with Gasteiger partial charge in [0, 0.05) is 13.6 Å². The first kappa shape index (κ1) is 23.7. The Balaban J connectivity index is 1.42. The van der Waals surface area contributed by atoms with Gasteiger partial charge in [-0.15, -0.1) is 0 Å². The SMILES string of the molecule is COc1cccc(CN(C)C(=O)COC(=O)c2ccc3c(c2)C(=O)N(c2ccccc2C)C3=O)c1. The molecule has 3 aromatic rings. The Morgan fingerprint density at radius 3 is 2.40 bits per heavy atom. The van der Waals surface area contributed by atoms with Crippen LogP contribution in [0.3, 0.4) is 0 Å². The lowest BCUT2D eigenvalue weighted by Crippen LogP contribution is -2.30. The van der Waals surface area contributed by atoms with Crippen molar-refractivity contribution in [3.63, 3.8) is 0 Å². The molecule has 0 saturated heterocycles. The molecular formula is C27H24N2O6. The number of likely N-dealkylation sites (N-methyl/N-ethyl adjacent to an activating group) is 1. The molecule has 8 nitrogen and oxygen atoms in total. The van der Waals surface area contributed by atoms with Gasteiger partial charge in [-0.25, -0.2) is 9.69 Å². The first-order chi connectivity index (χ1) is 16.8. The van der Waals surface area contributed by atoms with Crippen molar-refractivity contribution in [1.29, 1.82) is 0 Å². The number of imide groups is 1. The molecule has 1 heterocycles. The van der Waals surface area contributed by atoms with Crippen molar-refractivity contribution in [3.8, 4) is 5.75 Å². The molecule has 0 bridgehead atoms. The molecule has 0 N–H and O–H groups in total. The molecule has 0 spiro atoms. The summed E-state index contributed by atoms with van der Waals surface area (Å²) in [6, 6.07) is 18.6. The van der Waals surface area contributed by atoms with Crippen LogP contribution in [0.2, 0.25) is 0 Å². The number of amides is 3. The number of hydrogen-bond donors (Lipinski definition) is 0. The number of ether oxygens (including phenoxy) is 2. The molecule has 0 radical (unpaired) electrons. The van der Waals surface area contributed by atoms with Gasteiger partial charge >= 0.3 is 5.97 Å². The van der Waals surface area contributed by atoms with Crippen molar-refractivity contribution < 1.29 is 28.7 Å². The zero-order valence-corrected chi connectivity index (χ0v) is 19.6. The summed E-state index contributed by atoms with van der Waals surface area (Å²) in [6.45, 7) is 1.67. The molecule has 0 aliphatic carbocycles. The number of nitrogens with zero attached hydrogens (tertiary/aromatic N) is 2. The number of para-hydroxylation sites is 1. The van der Waals surface area contributed by atoms with Crippen LogP contribution in [-0.2, 0) is 16.1 Å². The monoisotopic (exact) mass is 472 g/mol. The average Bonchev–Trinajstić information content (AvgIpc) is 3.11. The van der Waals surface area contributed by atoms with Gasteiger partial charge < -0.3 is 14.4 Å². The molecule has 0 saturated carbocycles. The Bertz CT molecular complexity index is 1330. The van der Waals surface area contributed by atoms with Crippen molar-refractivity contribution in [2.24, 2.45) is 0 Å². The molecule has 8 heteroatoms. The highest BCUT2D eigenvalue weighted by molar-refractivity contribution is 6.34. The van der Waals surface area contributed by atoms with Crippen LogP contribution in [0.4, 0.5) is 5.69 Å². The third-order valence-electron chi connectivity index (χ3n) is 5.79. The maximum Gasteiger partial charge on any atom is 0.338 e. The van der Waals surface area contributed by atoms with Gasteiger partial charge in [0.2, 0.25) is 0 Å². The Kier molecular flexibility index (Phi) is 6.64. The maximum atomic E-state index is 13.0. The normalized spacial score (nSPS) is 12.4. The van der Waals surface area contributed by atoms with Crippen LogP contribution in [0.1, 0.15) is 42.2 Å². The fraction of sp³-hybridized carbons (Fsp3) is 0.185. The Morgan fingerprint density at radius 1 is 0.914 bits per heavy atom. The molecular weight excluding hydrogens is 448 g/mol. The number of anilines is 1. The predicted octanol–water partition coefficient (Wildman–Crippen LogP) is 3.62. The number of hydrogen-bond acceptors (Lipinski definition) is 6. The van der Waals surface area contributed by atoms with Crippen LogP contribution in [0.5, 0.6) is 5.75 Å². The van der Waals surface area contributed by atoms with E-state index in [4.69, 9.17) is 9.47 Å². The van der Waals surface area contributed by atoms with Crippen molar-refractivity contribution >= 4 is 29.4 Å². The van der Waals surface area contributed by atoms with Gasteiger partial charge in [-0.3, -0.25) is 14.4 Å². The lowest BCUT2D eigenvalue weighted by atomic mass is 10.1. The minimum atomic E-state index is -0.759. The highest BCUT2D eigenvalue weighted by atomic mass is 16.5. The quantitative estimate of drug-likeness (QED) is 0.385. The summed E-state index contributed by atoms with van der Waals surface area (Å²) in [5, 5.41) is 0. The molecule has 0 aromatic heterocycles. The Labute approximate surface area is 202 Å². The van der Waals surface area contributed by atoms with E-state index in [1.54, 1.807) is 26.3 Å². The zero-order chi connectivity index (χ0) is 25.1. The second kappa shape index (κ2) is 9.80. The number of carbonyl (C=O) groups is 4. The molecule has 3 aromatic carbocycles. The van der Waals surface area contributed by atoms with Crippen molar-refractivity contribution in [2.75, 3.05) is 25.7 Å². The fourth-order valence-electron chi connectivity index (χ4n) is 3.85. The molecule has 0 unspecified atom stereocenters. The van der Waals surface area contributed by atoms with E-state index >= 15 is 0 Å². The third-order valence-corrected chi connectivity index (χ3v) is 5.79. The highest BCUT2D eigenvalue weighted by Gasteiger charge is 2.37. The highest BCUT2D eigenvalue weighted by Crippen LogP contribution is 2.31. The van der Waals surface area contributed by atoms with Gasteiger partial charge in [0.15, 0.2) is 6.61 Å². The largest absolute Gasteiger partial charge is 0.497 e. The van der Waals surface area contributed by atoms with Gasteiger partial charge in [0.1, 0.15) is 5.75 Å². The summed E-state index contributed by atoms with van der Waals surface area (Å²) in [6.07, 6.45) is 0. The van der Waals surface area contributed by atoms with Gasteiger partial charge in [-0.1, -0.05) is 30.3 Å². The summed E-state index contributed by atoms with van der Waals surface area (Å²) in [7, 11) is 3.17. The van der Waals surface area contributed by atoms with Crippen LogP contribution in [-0.4, -0.2) is 49.4 Å². The van der Waals surface area contributed by atoms with Crippen molar-refractivity contribution in [3.05, 3.63) is 94.5 Å². The lowest BCUT2D eigenvalue weighted by molar-refractivity contribution is -0.133. The number of aryl methyl sites for hydroxylation is 1.